The maximum absolute atomic E-state index is 11.8. The maximum atomic E-state index is 11.8. The number of hydrogen-bond donors (Lipinski definition) is 1. The monoisotopic (exact) mass is 374 g/mol. The second kappa shape index (κ2) is 6.71. The van der Waals surface area contributed by atoms with E-state index < -0.39 is 10.2 Å². The van der Waals surface area contributed by atoms with Crippen molar-refractivity contribution in [1.82, 2.24) is 29.1 Å². The molecule has 1 aromatic carbocycles. The molecule has 0 bridgehead atoms. The van der Waals surface area contributed by atoms with E-state index in [4.69, 9.17) is 4.52 Å². The van der Waals surface area contributed by atoms with E-state index in [0.29, 0.717) is 37.6 Å². The summed E-state index contributed by atoms with van der Waals surface area (Å²) in [5, 5.41) is 4.07. The fraction of sp³-hybridized carbons (Fsp3) is 0.375. The average Bonchev–Trinajstić information content (AvgIpc) is 3.18. The van der Waals surface area contributed by atoms with Crippen molar-refractivity contribution in [2.24, 2.45) is 0 Å². The van der Waals surface area contributed by atoms with Crippen LogP contribution in [-0.2, 0) is 10.2 Å². The van der Waals surface area contributed by atoms with Crippen molar-refractivity contribution in [2.75, 3.05) is 20.1 Å². The Bertz CT molecular complexity index is 1030. The van der Waals surface area contributed by atoms with E-state index in [1.54, 1.807) is 12.4 Å². The van der Waals surface area contributed by atoms with Crippen molar-refractivity contribution < 1.29 is 12.9 Å². The van der Waals surface area contributed by atoms with Crippen LogP contribution in [0.4, 0.5) is 0 Å². The Balaban J connectivity index is 1.51. The van der Waals surface area contributed by atoms with Gasteiger partial charge in [-0.1, -0.05) is 5.16 Å². The summed E-state index contributed by atoms with van der Waals surface area (Å²) in [7, 11) is -1.97. The summed E-state index contributed by atoms with van der Waals surface area (Å²) in [6, 6.07) is 5.63. The lowest BCUT2D eigenvalue weighted by molar-refractivity contribution is 0.269. The zero-order valence-corrected chi connectivity index (χ0v) is 15.0. The van der Waals surface area contributed by atoms with Gasteiger partial charge >= 0.3 is 0 Å². The number of fused-ring (bicyclic) bond motifs is 1. The van der Waals surface area contributed by atoms with Gasteiger partial charge in [-0.25, -0.2) is 4.72 Å². The third-order valence-corrected chi connectivity index (χ3v) is 6.13. The molecule has 1 aliphatic rings. The van der Waals surface area contributed by atoms with E-state index in [1.807, 2.05) is 18.2 Å². The summed E-state index contributed by atoms with van der Waals surface area (Å²) in [4.78, 5) is 13.0. The van der Waals surface area contributed by atoms with Crippen molar-refractivity contribution in [3.8, 4) is 11.4 Å². The molecular formula is C16H18N6O3S. The number of nitrogens with zero attached hydrogens (tertiary/aromatic N) is 5. The number of benzene rings is 1. The zero-order valence-electron chi connectivity index (χ0n) is 14.2. The van der Waals surface area contributed by atoms with E-state index >= 15 is 0 Å². The third-order valence-electron chi connectivity index (χ3n) is 4.57. The average molecular weight is 374 g/mol. The molecule has 1 fully saturated rings. The summed E-state index contributed by atoms with van der Waals surface area (Å²) in [5.41, 5.74) is 2.38. The molecule has 0 aliphatic carbocycles. The Morgan fingerprint density at radius 3 is 2.62 bits per heavy atom. The highest BCUT2D eigenvalue weighted by molar-refractivity contribution is 7.87. The highest BCUT2D eigenvalue weighted by Gasteiger charge is 2.30. The van der Waals surface area contributed by atoms with Crippen LogP contribution >= 0.6 is 0 Å². The largest absolute Gasteiger partial charge is 0.339 e. The smallest absolute Gasteiger partial charge is 0.279 e. The quantitative estimate of drug-likeness (QED) is 0.732. The number of hydrogen-bond acceptors (Lipinski definition) is 7. The van der Waals surface area contributed by atoms with Gasteiger partial charge in [-0.2, -0.15) is 17.7 Å². The van der Waals surface area contributed by atoms with E-state index in [2.05, 4.69) is 24.8 Å². The van der Waals surface area contributed by atoms with Crippen LogP contribution < -0.4 is 4.72 Å². The summed E-state index contributed by atoms with van der Waals surface area (Å²) in [6.45, 7) is 0.855. The molecule has 26 heavy (non-hydrogen) atoms. The van der Waals surface area contributed by atoms with Crippen LogP contribution in [0.15, 0.2) is 35.1 Å². The lowest BCUT2D eigenvalue weighted by Crippen LogP contribution is -2.43. The summed E-state index contributed by atoms with van der Waals surface area (Å²) >= 11 is 0. The van der Waals surface area contributed by atoms with E-state index in [-0.39, 0.29) is 5.92 Å². The Morgan fingerprint density at radius 1 is 1.15 bits per heavy atom. The Labute approximate surface area is 150 Å². The number of rotatable bonds is 4. The first-order chi connectivity index (χ1) is 12.6. The topological polar surface area (TPSA) is 114 Å². The second-order valence-corrected chi connectivity index (χ2v) is 7.97. The molecular weight excluding hydrogens is 356 g/mol. The number of nitrogens with one attached hydrogen (secondary N) is 1. The van der Waals surface area contributed by atoms with Crippen LogP contribution in [0, 0.1) is 0 Å². The van der Waals surface area contributed by atoms with Crippen LogP contribution in [0.25, 0.3) is 22.4 Å². The number of aromatic nitrogens is 4. The molecule has 3 aromatic rings. The van der Waals surface area contributed by atoms with Crippen molar-refractivity contribution in [2.45, 2.75) is 18.8 Å². The Kier molecular flexibility index (Phi) is 4.39. The Morgan fingerprint density at radius 2 is 1.88 bits per heavy atom. The second-order valence-electron chi connectivity index (χ2n) is 6.10. The van der Waals surface area contributed by atoms with Crippen LogP contribution in [0.3, 0.4) is 0 Å². The minimum atomic E-state index is -3.38. The standard InChI is InChI=1S/C16H18N6O3S/c1-17-26(23,24)22-8-4-11(5-9-22)16-20-15(21-25-16)12-2-3-13-14(10-12)19-7-6-18-13/h2-3,6-7,10-11,17H,4-5,8-9H2,1H3. The third kappa shape index (κ3) is 3.18. The zero-order chi connectivity index (χ0) is 18.1. The van der Waals surface area contributed by atoms with Gasteiger partial charge in [0.15, 0.2) is 0 Å². The predicted octanol–water partition coefficient (Wildman–Crippen LogP) is 1.32. The summed E-state index contributed by atoms with van der Waals surface area (Å²) < 4.78 is 32.9. The molecule has 10 heteroatoms. The molecule has 1 N–H and O–H groups in total. The SMILES string of the molecule is CNS(=O)(=O)N1CCC(c2nc(-c3ccc4nccnc4c3)no2)CC1. The molecule has 3 heterocycles. The van der Waals surface area contributed by atoms with Gasteiger partial charge in [0.25, 0.3) is 10.2 Å². The molecule has 136 valence electrons. The maximum Gasteiger partial charge on any atom is 0.279 e. The van der Waals surface area contributed by atoms with Crippen LogP contribution in [0.5, 0.6) is 0 Å². The number of piperidine rings is 1. The van der Waals surface area contributed by atoms with Gasteiger partial charge in [0.05, 0.1) is 11.0 Å². The highest BCUT2D eigenvalue weighted by atomic mass is 32.2. The molecule has 0 saturated carbocycles. The first-order valence-electron chi connectivity index (χ1n) is 8.30. The van der Waals surface area contributed by atoms with Gasteiger partial charge in [-0.3, -0.25) is 9.97 Å². The van der Waals surface area contributed by atoms with Gasteiger partial charge in [0.2, 0.25) is 11.7 Å². The first-order valence-corrected chi connectivity index (χ1v) is 9.74. The molecule has 9 nitrogen and oxygen atoms in total. The van der Waals surface area contributed by atoms with Gasteiger partial charge in [-0.15, -0.1) is 0 Å². The van der Waals surface area contributed by atoms with Crippen molar-refractivity contribution in [1.29, 1.82) is 0 Å². The van der Waals surface area contributed by atoms with Gasteiger partial charge in [0, 0.05) is 44.0 Å². The van der Waals surface area contributed by atoms with E-state index in [9.17, 15) is 8.42 Å². The van der Waals surface area contributed by atoms with Gasteiger partial charge in [0.1, 0.15) is 0 Å². The lowest BCUT2D eigenvalue weighted by Gasteiger charge is -2.28. The van der Waals surface area contributed by atoms with Crippen molar-refractivity contribution in [3.05, 3.63) is 36.5 Å². The fourth-order valence-corrected chi connectivity index (χ4v) is 4.04. The van der Waals surface area contributed by atoms with Gasteiger partial charge < -0.3 is 4.52 Å². The normalized spacial score (nSPS) is 17.0. The first kappa shape index (κ1) is 17.0. The predicted molar refractivity (Wildman–Crippen MR) is 94.4 cm³/mol. The molecule has 0 amide bonds. The van der Waals surface area contributed by atoms with Crippen LogP contribution in [0.1, 0.15) is 24.7 Å². The summed E-state index contributed by atoms with van der Waals surface area (Å²) in [6.07, 6.45) is 4.58. The van der Waals surface area contributed by atoms with Crippen LogP contribution in [-0.4, -0.2) is 53.0 Å². The lowest BCUT2D eigenvalue weighted by atomic mass is 9.98. The van der Waals surface area contributed by atoms with Crippen LogP contribution in [0.2, 0.25) is 0 Å². The fourth-order valence-electron chi connectivity index (χ4n) is 3.09. The van der Waals surface area contributed by atoms with Crippen molar-refractivity contribution >= 4 is 21.2 Å². The van der Waals surface area contributed by atoms with E-state index in [0.717, 1.165) is 16.6 Å². The summed E-state index contributed by atoms with van der Waals surface area (Å²) in [5.74, 6) is 1.10. The van der Waals surface area contributed by atoms with Crippen molar-refractivity contribution in [3.63, 3.8) is 0 Å². The molecule has 0 radical (unpaired) electrons. The molecule has 2 aromatic heterocycles. The molecule has 0 spiro atoms. The highest BCUT2D eigenvalue weighted by Crippen LogP contribution is 2.29. The molecule has 1 aliphatic heterocycles. The van der Waals surface area contributed by atoms with Gasteiger partial charge in [-0.05, 0) is 31.0 Å². The minimum absolute atomic E-state index is 0.0554. The molecule has 4 rings (SSSR count). The molecule has 0 atom stereocenters. The van der Waals surface area contributed by atoms with E-state index in [1.165, 1.54) is 11.4 Å². The molecule has 1 saturated heterocycles. The minimum Gasteiger partial charge on any atom is -0.339 e. The Hall–Kier alpha value is -2.43. The molecule has 0 unspecified atom stereocenters.